The van der Waals surface area contributed by atoms with Crippen LogP contribution in [0, 0.1) is 19.4 Å². The number of anilines is 1. The number of halogens is 1. The molecule has 1 aromatic heterocycles. The van der Waals surface area contributed by atoms with Gasteiger partial charge in [-0.2, -0.15) is 0 Å². The maximum Gasteiger partial charge on any atom is 0.208 e. The normalized spacial score (nSPS) is 18.1. The molecule has 0 spiro atoms. The van der Waals surface area contributed by atoms with E-state index in [0.717, 1.165) is 30.6 Å². The zero-order valence-corrected chi connectivity index (χ0v) is 16.2. The predicted octanol–water partition coefficient (Wildman–Crippen LogP) is 2.91. The topological polar surface area (TPSA) is 79.5 Å². The Labute approximate surface area is 158 Å². The number of aromatic nitrogens is 2. The minimum atomic E-state index is -3.20. The molecule has 0 bridgehead atoms. The van der Waals surface area contributed by atoms with Crippen LogP contribution >= 0.6 is 11.6 Å². The Balaban J connectivity index is 1.95. The van der Waals surface area contributed by atoms with Gasteiger partial charge in [-0.1, -0.05) is 11.6 Å². The number of rotatable bonds is 4. The van der Waals surface area contributed by atoms with Crippen molar-refractivity contribution in [2.75, 3.05) is 30.8 Å². The van der Waals surface area contributed by atoms with E-state index >= 15 is 0 Å². The van der Waals surface area contributed by atoms with Gasteiger partial charge >= 0.3 is 0 Å². The molecular formula is C17H20ClN5O2S. The molecule has 1 unspecified atom stereocenters. The van der Waals surface area contributed by atoms with Gasteiger partial charge in [0.05, 0.1) is 18.3 Å². The molecular weight excluding hydrogens is 374 g/mol. The van der Waals surface area contributed by atoms with Gasteiger partial charge in [-0.05, 0) is 37.8 Å². The summed E-state index contributed by atoms with van der Waals surface area (Å²) in [5.41, 5.74) is 1.08. The number of nitrogens with zero attached hydrogens (tertiary/aromatic N) is 4. The van der Waals surface area contributed by atoms with Crippen molar-refractivity contribution in [3.63, 3.8) is 0 Å². The summed E-state index contributed by atoms with van der Waals surface area (Å²) in [6.07, 6.45) is 3.08. The van der Waals surface area contributed by atoms with Crippen molar-refractivity contribution < 1.29 is 8.42 Å². The molecule has 2 aromatic rings. The van der Waals surface area contributed by atoms with Crippen LogP contribution in [0.1, 0.15) is 18.7 Å². The lowest BCUT2D eigenvalue weighted by molar-refractivity contribution is 0.410. The molecule has 0 saturated carbocycles. The number of piperidine rings is 1. The third kappa shape index (κ3) is 4.23. The fraction of sp³-hybridized carbons (Fsp3) is 0.471. The standard InChI is InChI=1S/C17H20ClN5O2S/c1-11-21-15-8-14(18)16(19-2)7-13(15)17(22-11)23-6-4-5-12(10-23)9-20-26(3,24)25/h7-8,12,20H,4-6,9-10H2,1,3H3. The van der Waals surface area contributed by atoms with Gasteiger partial charge in [0.1, 0.15) is 11.6 Å². The summed E-state index contributed by atoms with van der Waals surface area (Å²) in [5, 5.41) is 1.17. The van der Waals surface area contributed by atoms with Gasteiger partial charge in [0.2, 0.25) is 15.7 Å². The van der Waals surface area contributed by atoms with E-state index in [1.54, 1.807) is 12.1 Å². The first-order valence-corrected chi connectivity index (χ1v) is 10.6. The molecule has 9 heteroatoms. The SMILES string of the molecule is [C-]#[N+]c1cc2c(N3CCCC(CNS(C)(=O)=O)C3)nc(C)nc2cc1Cl. The van der Waals surface area contributed by atoms with E-state index in [1.165, 1.54) is 6.26 Å². The average Bonchev–Trinajstić information content (AvgIpc) is 2.58. The Morgan fingerprint density at radius 3 is 2.88 bits per heavy atom. The molecule has 1 aliphatic heterocycles. The molecule has 1 N–H and O–H groups in total. The summed E-state index contributed by atoms with van der Waals surface area (Å²) in [4.78, 5) is 14.7. The smallest absolute Gasteiger partial charge is 0.208 e. The molecule has 3 rings (SSSR count). The molecule has 1 fully saturated rings. The summed E-state index contributed by atoms with van der Waals surface area (Å²) >= 11 is 6.15. The van der Waals surface area contributed by atoms with Crippen LogP contribution in [0.4, 0.5) is 11.5 Å². The number of aryl methyl sites for hydroxylation is 1. The summed E-state index contributed by atoms with van der Waals surface area (Å²) in [6.45, 7) is 11.1. The highest BCUT2D eigenvalue weighted by Gasteiger charge is 2.24. The Morgan fingerprint density at radius 2 is 2.19 bits per heavy atom. The van der Waals surface area contributed by atoms with Gasteiger partial charge in [-0.3, -0.25) is 0 Å². The van der Waals surface area contributed by atoms with Gasteiger partial charge in [0.25, 0.3) is 0 Å². The first kappa shape index (κ1) is 18.8. The van der Waals surface area contributed by atoms with Gasteiger partial charge in [-0.25, -0.2) is 28.0 Å². The fourth-order valence-corrected chi connectivity index (χ4v) is 3.99. The second-order valence-electron chi connectivity index (χ2n) is 6.60. The molecule has 138 valence electrons. The second-order valence-corrected chi connectivity index (χ2v) is 8.84. The third-order valence-electron chi connectivity index (χ3n) is 4.43. The minimum absolute atomic E-state index is 0.205. The number of hydrogen-bond donors (Lipinski definition) is 1. The lowest BCUT2D eigenvalue weighted by Crippen LogP contribution is -2.41. The Morgan fingerprint density at radius 1 is 1.42 bits per heavy atom. The largest absolute Gasteiger partial charge is 0.356 e. The number of sulfonamides is 1. The predicted molar refractivity (Wildman–Crippen MR) is 103 cm³/mol. The van der Waals surface area contributed by atoms with E-state index in [1.807, 2.05) is 6.92 Å². The average molecular weight is 394 g/mol. The first-order chi connectivity index (χ1) is 12.3. The molecule has 1 aliphatic rings. The van der Waals surface area contributed by atoms with E-state index < -0.39 is 10.0 Å². The van der Waals surface area contributed by atoms with Crippen LogP contribution in [0.2, 0.25) is 5.02 Å². The molecule has 0 aliphatic carbocycles. The summed E-state index contributed by atoms with van der Waals surface area (Å²) in [6, 6.07) is 3.44. The van der Waals surface area contributed by atoms with Crippen LogP contribution in [-0.2, 0) is 10.0 Å². The van der Waals surface area contributed by atoms with Crippen LogP contribution < -0.4 is 9.62 Å². The van der Waals surface area contributed by atoms with Crippen molar-refractivity contribution in [2.24, 2.45) is 5.92 Å². The Kier molecular flexibility index (Phi) is 5.32. The van der Waals surface area contributed by atoms with E-state index in [9.17, 15) is 8.42 Å². The fourth-order valence-electron chi connectivity index (χ4n) is 3.26. The molecule has 2 heterocycles. The quantitative estimate of drug-likeness (QED) is 0.808. The molecule has 7 nitrogen and oxygen atoms in total. The summed E-state index contributed by atoms with van der Waals surface area (Å²) in [5.74, 6) is 1.62. The molecule has 0 radical (unpaired) electrons. The molecule has 1 aromatic carbocycles. The zero-order chi connectivity index (χ0) is 18.9. The monoisotopic (exact) mass is 393 g/mol. The highest BCUT2D eigenvalue weighted by atomic mass is 35.5. The zero-order valence-electron chi connectivity index (χ0n) is 14.7. The first-order valence-electron chi connectivity index (χ1n) is 8.32. The Hall–Kier alpha value is -1.95. The lowest BCUT2D eigenvalue weighted by atomic mass is 9.98. The number of benzene rings is 1. The second kappa shape index (κ2) is 7.35. The maximum atomic E-state index is 11.4. The van der Waals surface area contributed by atoms with E-state index in [-0.39, 0.29) is 5.92 Å². The molecule has 1 saturated heterocycles. The van der Waals surface area contributed by atoms with Crippen molar-refractivity contribution in [3.05, 3.63) is 34.4 Å². The number of fused-ring (bicyclic) bond motifs is 1. The summed E-state index contributed by atoms with van der Waals surface area (Å²) in [7, 11) is -3.20. The van der Waals surface area contributed by atoms with Crippen molar-refractivity contribution in [3.8, 4) is 0 Å². The number of hydrogen-bond acceptors (Lipinski definition) is 5. The Bertz CT molecular complexity index is 987. The van der Waals surface area contributed by atoms with Crippen LogP contribution in [0.15, 0.2) is 12.1 Å². The van der Waals surface area contributed by atoms with Gasteiger partial charge in [-0.15, -0.1) is 0 Å². The maximum absolute atomic E-state index is 11.4. The molecule has 1 atom stereocenters. The van der Waals surface area contributed by atoms with Crippen LogP contribution in [0.25, 0.3) is 15.7 Å². The van der Waals surface area contributed by atoms with Crippen molar-refractivity contribution >= 4 is 44.0 Å². The van der Waals surface area contributed by atoms with E-state index in [4.69, 9.17) is 18.2 Å². The van der Waals surface area contributed by atoms with Gasteiger partial charge < -0.3 is 4.90 Å². The van der Waals surface area contributed by atoms with Crippen molar-refractivity contribution in [1.82, 2.24) is 14.7 Å². The van der Waals surface area contributed by atoms with Crippen molar-refractivity contribution in [2.45, 2.75) is 19.8 Å². The van der Waals surface area contributed by atoms with Crippen molar-refractivity contribution in [1.29, 1.82) is 0 Å². The number of nitrogens with one attached hydrogen (secondary N) is 1. The van der Waals surface area contributed by atoms with E-state index in [2.05, 4.69) is 24.4 Å². The van der Waals surface area contributed by atoms with E-state index in [0.29, 0.717) is 35.1 Å². The summed E-state index contributed by atoms with van der Waals surface area (Å²) < 4.78 is 25.3. The highest BCUT2D eigenvalue weighted by molar-refractivity contribution is 7.88. The van der Waals surface area contributed by atoms with Gasteiger partial charge in [0.15, 0.2) is 0 Å². The van der Waals surface area contributed by atoms with Crippen LogP contribution in [-0.4, -0.2) is 44.3 Å². The lowest BCUT2D eigenvalue weighted by Gasteiger charge is -2.34. The molecule has 0 amide bonds. The molecule has 26 heavy (non-hydrogen) atoms. The minimum Gasteiger partial charge on any atom is -0.356 e. The van der Waals surface area contributed by atoms with Gasteiger partial charge in [0, 0.05) is 30.0 Å². The third-order valence-corrected chi connectivity index (χ3v) is 5.42. The highest BCUT2D eigenvalue weighted by Crippen LogP contribution is 2.35. The van der Waals surface area contributed by atoms with Crippen LogP contribution in [0.5, 0.6) is 0 Å². The van der Waals surface area contributed by atoms with Crippen LogP contribution in [0.3, 0.4) is 0 Å².